The maximum Gasteiger partial charge on any atom is 0.490 e. The van der Waals surface area contributed by atoms with Crippen molar-refractivity contribution in [2.45, 2.75) is 30.5 Å². The minimum absolute atomic E-state index is 0.336. The minimum Gasteiger partial charge on any atom is -0.486 e. The quantitative estimate of drug-likeness (QED) is 0.360. The summed E-state index contributed by atoms with van der Waals surface area (Å²) in [6.07, 6.45) is 1.88. The molecule has 0 unspecified atom stereocenters. The zero-order valence-corrected chi connectivity index (χ0v) is 20.7. The predicted octanol–water partition coefficient (Wildman–Crippen LogP) is 4.62. The molecule has 200 valence electrons. The molecule has 1 aliphatic heterocycles. The van der Waals surface area contributed by atoms with Crippen LogP contribution >= 0.6 is 0 Å². The van der Waals surface area contributed by atoms with E-state index < -0.39 is 22.2 Å². The number of rotatable bonds is 6. The molecule has 9 nitrogen and oxygen atoms in total. The average Bonchev–Trinajstić information content (AvgIpc) is 3.58. The van der Waals surface area contributed by atoms with E-state index in [1.807, 2.05) is 36.4 Å². The summed E-state index contributed by atoms with van der Waals surface area (Å²) in [5.41, 5.74) is 3.58. The Kier molecular flexibility index (Phi) is 7.97. The van der Waals surface area contributed by atoms with Gasteiger partial charge in [0.2, 0.25) is 10.0 Å². The van der Waals surface area contributed by atoms with Crippen molar-refractivity contribution in [3.8, 4) is 16.9 Å². The number of carbonyl (C=O) groups is 1. The van der Waals surface area contributed by atoms with Gasteiger partial charge in [-0.25, -0.2) is 18.2 Å². The number of pyridine rings is 2. The number of aliphatic carboxylic acids is 1. The number of hydrogen-bond acceptors (Lipinski definition) is 6. The first kappa shape index (κ1) is 27.1. The number of nitrogens with zero attached hydrogens (tertiary/aromatic N) is 3. The Hall–Kier alpha value is -3.97. The first-order valence-electron chi connectivity index (χ1n) is 11.5. The van der Waals surface area contributed by atoms with Gasteiger partial charge in [-0.2, -0.15) is 17.5 Å². The van der Waals surface area contributed by atoms with Crippen LogP contribution in [0.2, 0.25) is 0 Å². The summed E-state index contributed by atoms with van der Waals surface area (Å²) in [5.74, 6) is -2.06. The number of halogens is 3. The second-order valence-corrected chi connectivity index (χ2v) is 10.3. The largest absolute Gasteiger partial charge is 0.490 e. The number of benzene rings is 1. The van der Waals surface area contributed by atoms with Crippen LogP contribution in [0.25, 0.3) is 22.2 Å². The molecule has 0 bridgehead atoms. The molecule has 1 saturated heterocycles. The van der Waals surface area contributed by atoms with Crippen LogP contribution in [0.4, 0.5) is 13.2 Å². The second kappa shape index (κ2) is 11.2. The topological polar surface area (TPSA) is 125 Å². The number of hydrogen-bond donors (Lipinski definition) is 2. The fraction of sp³-hybridized carbons (Fsp3) is 0.240. The van der Waals surface area contributed by atoms with Crippen molar-refractivity contribution >= 4 is 27.0 Å². The van der Waals surface area contributed by atoms with E-state index in [0.717, 1.165) is 40.7 Å². The van der Waals surface area contributed by atoms with Gasteiger partial charge in [-0.1, -0.05) is 12.1 Å². The number of ether oxygens (including phenoxy) is 1. The van der Waals surface area contributed by atoms with E-state index in [-0.39, 0.29) is 0 Å². The number of aromatic nitrogens is 3. The lowest BCUT2D eigenvalue weighted by atomic mass is 10.0. The van der Waals surface area contributed by atoms with Crippen LogP contribution < -0.4 is 4.74 Å². The molecule has 2 N–H and O–H groups in total. The van der Waals surface area contributed by atoms with Crippen LogP contribution in [-0.4, -0.2) is 58.0 Å². The van der Waals surface area contributed by atoms with Crippen molar-refractivity contribution in [1.29, 1.82) is 0 Å². The van der Waals surface area contributed by atoms with Gasteiger partial charge >= 0.3 is 12.1 Å². The van der Waals surface area contributed by atoms with E-state index in [2.05, 4.69) is 15.0 Å². The van der Waals surface area contributed by atoms with Crippen LogP contribution in [0.5, 0.6) is 5.75 Å². The highest BCUT2D eigenvalue weighted by Crippen LogP contribution is 2.30. The summed E-state index contributed by atoms with van der Waals surface area (Å²) >= 11 is 0. The lowest BCUT2D eigenvalue weighted by molar-refractivity contribution is -0.192. The Morgan fingerprint density at radius 2 is 1.76 bits per heavy atom. The third-order valence-electron chi connectivity index (χ3n) is 5.73. The molecule has 38 heavy (non-hydrogen) atoms. The van der Waals surface area contributed by atoms with E-state index in [0.29, 0.717) is 30.3 Å². The highest BCUT2D eigenvalue weighted by molar-refractivity contribution is 7.89. The van der Waals surface area contributed by atoms with Gasteiger partial charge in [0.15, 0.2) is 0 Å². The Labute approximate surface area is 216 Å². The number of carboxylic acid groups (broad SMARTS) is 1. The smallest absolute Gasteiger partial charge is 0.486 e. The molecule has 0 radical (unpaired) electrons. The summed E-state index contributed by atoms with van der Waals surface area (Å²) in [5, 5.41) is 8.09. The zero-order valence-electron chi connectivity index (χ0n) is 19.9. The van der Waals surface area contributed by atoms with Crippen molar-refractivity contribution in [2.75, 3.05) is 13.1 Å². The molecule has 0 atom stereocenters. The normalized spacial score (nSPS) is 14.2. The molecule has 1 aromatic carbocycles. The third-order valence-corrected chi connectivity index (χ3v) is 7.64. The van der Waals surface area contributed by atoms with E-state index in [1.165, 1.54) is 0 Å². The Balaban J connectivity index is 0.000000426. The van der Waals surface area contributed by atoms with E-state index >= 15 is 0 Å². The highest BCUT2D eigenvalue weighted by Gasteiger charge is 2.38. The molecular weight excluding hydrogens is 525 g/mol. The van der Waals surface area contributed by atoms with Crippen LogP contribution in [-0.2, 0) is 21.4 Å². The average molecular weight is 549 g/mol. The van der Waals surface area contributed by atoms with E-state index in [4.69, 9.17) is 14.6 Å². The summed E-state index contributed by atoms with van der Waals surface area (Å²) < 4.78 is 64.6. The molecule has 0 aliphatic carbocycles. The first-order valence-corrected chi connectivity index (χ1v) is 12.9. The zero-order chi connectivity index (χ0) is 27.3. The minimum atomic E-state index is -5.08. The molecule has 5 rings (SSSR count). The van der Waals surface area contributed by atoms with Crippen molar-refractivity contribution in [1.82, 2.24) is 19.3 Å². The fourth-order valence-electron chi connectivity index (χ4n) is 3.89. The molecule has 0 amide bonds. The molecule has 0 saturated carbocycles. The Morgan fingerprint density at radius 1 is 1.08 bits per heavy atom. The number of aromatic amines is 1. The van der Waals surface area contributed by atoms with Gasteiger partial charge in [0, 0.05) is 30.9 Å². The number of nitrogens with one attached hydrogen (secondary N) is 1. The van der Waals surface area contributed by atoms with Crippen molar-refractivity contribution in [2.24, 2.45) is 0 Å². The lowest BCUT2D eigenvalue weighted by Crippen LogP contribution is -2.27. The van der Waals surface area contributed by atoms with Gasteiger partial charge in [-0.05, 0) is 60.4 Å². The molecule has 1 aliphatic rings. The second-order valence-electron chi connectivity index (χ2n) is 8.33. The van der Waals surface area contributed by atoms with Gasteiger partial charge in [-0.15, -0.1) is 0 Å². The van der Waals surface area contributed by atoms with Gasteiger partial charge in [0.05, 0.1) is 16.8 Å². The van der Waals surface area contributed by atoms with Crippen LogP contribution in [0.15, 0.2) is 72.0 Å². The molecule has 3 aromatic heterocycles. The number of sulfonamides is 1. The van der Waals surface area contributed by atoms with Gasteiger partial charge < -0.3 is 14.8 Å². The van der Waals surface area contributed by atoms with Crippen molar-refractivity contribution < 1.29 is 36.2 Å². The first-order chi connectivity index (χ1) is 18.1. The third kappa shape index (κ3) is 6.29. The van der Waals surface area contributed by atoms with Crippen LogP contribution in [0.3, 0.4) is 0 Å². The molecule has 0 spiro atoms. The highest BCUT2D eigenvalue weighted by atomic mass is 32.2. The summed E-state index contributed by atoms with van der Waals surface area (Å²) in [6.45, 7) is 1.57. The van der Waals surface area contributed by atoms with Gasteiger partial charge in [0.25, 0.3) is 0 Å². The van der Waals surface area contributed by atoms with E-state index in [1.54, 1.807) is 35.0 Å². The predicted molar refractivity (Wildman–Crippen MR) is 132 cm³/mol. The summed E-state index contributed by atoms with van der Waals surface area (Å²) in [6, 6.07) is 14.7. The number of carboxylic acids is 1. The lowest BCUT2D eigenvalue weighted by Gasteiger charge is -2.15. The summed E-state index contributed by atoms with van der Waals surface area (Å²) in [7, 11) is -3.42. The molecule has 4 heterocycles. The Morgan fingerprint density at radius 3 is 2.37 bits per heavy atom. The Bertz CT molecular complexity index is 1500. The molecular formula is C25H23F3N4O5S. The number of H-pyrrole nitrogens is 1. The van der Waals surface area contributed by atoms with E-state index in [9.17, 15) is 21.6 Å². The maximum atomic E-state index is 12.8. The van der Waals surface area contributed by atoms with Crippen molar-refractivity contribution in [3.63, 3.8) is 0 Å². The molecule has 1 fully saturated rings. The van der Waals surface area contributed by atoms with Crippen molar-refractivity contribution in [3.05, 3.63) is 72.8 Å². The monoisotopic (exact) mass is 548 g/mol. The van der Waals surface area contributed by atoms with Crippen LogP contribution in [0, 0.1) is 0 Å². The summed E-state index contributed by atoms with van der Waals surface area (Å²) in [4.78, 5) is 21.0. The number of fused-ring (bicyclic) bond motifs is 1. The molecule has 4 aromatic rings. The van der Waals surface area contributed by atoms with Crippen LogP contribution in [0.1, 0.15) is 18.5 Å². The number of alkyl halides is 3. The van der Waals surface area contributed by atoms with Gasteiger partial charge in [0.1, 0.15) is 18.0 Å². The SMILES string of the molecule is O=C(O)C(F)(F)F.O=S(=O)(c1ccc(-c2ccnc3[nH]c(COc4cccnc4)cc23)cc1)N1CCCC1. The standard InChI is InChI=1S/C23H22N4O3S.C2HF3O2/c28-31(29,27-12-1-2-13-27)20-7-5-17(6-8-20)21-9-11-25-23-22(21)14-18(26-23)16-30-19-4-3-10-24-15-19;3-2(4,5)1(6)7/h3-11,14-15H,1-2,12-13,16H2,(H,25,26);(H,6,7). The molecule has 13 heteroatoms. The van der Waals surface area contributed by atoms with Gasteiger partial charge in [-0.3, -0.25) is 4.98 Å². The fourth-order valence-corrected chi connectivity index (χ4v) is 5.41. The maximum absolute atomic E-state index is 12.8.